The zero-order valence-electron chi connectivity index (χ0n) is 32.1. The molecule has 0 saturated carbocycles. The van der Waals surface area contributed by atoms with Crippen LogP contribution in [0.4, 0.5) is 17.1 Å². The molecule has 2 aromatic rings. The van der Waals surface area contributed by atoms with Gasteiger partial charge in [0, 0.05) is 89.3 Å². The van der Waals surface area contributed by atoms with Gasteiger partial charge in [0.25, 0.3) is 0 Å². The summed E-state index contributed by atoms with van der Waals surface area (Å²) in [4.78, 5) is 32.7. The molecule has 8 rings (SSSR count). The van der Waals surface area contributed by atoms with Crippen molar-refractivity contribution in [3.05, 3.63) is 30.3 Å². The molecule has 52 heavy (non-hydrogen) atoms. The van der Waals surface area contributed by atoms with E-state index in [0.29, 0.717) is 0 Å². The topological polar surface area (TPSA) is 56.5 Å². The van der Waals surface area contributed by atoms with Gasteiger partial charge in [0.15, 0.2) is 0 Å². The van der Waals surface area contributed by atoms with Crippen LogP contribution in [0.2, 0.25) is 0 Å². The van der Waals surface area contributed by atoms with E-state index in [1.165, 1.54) is 144 Å². The maximum atomic E-state index is 5.73. The number of rotatable bonds is 3. The van der Waals surface area contributed by atoms with Crippen LogP contribution in [0.25, 0.3) is 10.8 Å². The van der Waals surface area contributed by atoms with Gasteiger partial charge in [-0.1, -0.05) is 12.1 Å². The highest BCUT2D eigenvalue weighted by Gasteiger charge is 2.27. The third-order valence-electron chi connectivity index (χ3n) is 12.5. The van der Waals surface area contributed by atoms with E-state index in [1.54, 1.807) is 0 Å². The molecule has 6 heterocycles. The lowest BCUT2D eigenvalue weighted by atomic mass is 10.0. The molecule has 6 aliphatic heterocycles. The van der Waals surface area contributed by atoms with Crippen LogP contribution in [-0.4, -0.2) is 126 Å². The van der Waals surface area contributed by atoms with Gasteiger partial charge in [-0.25, -0.2) is 15.0 Å². The lowest BCUT2D eigenvalue weighted by molar-refractivity contribution is 0.257. The highest BCUT2D eigenvalue weighted by atomic mass is 15.4. The molecule has 6 aliphatic rings. The average molecular weight is 708 g/mol. The van der Waals surface area contributed by atoms with E-state index in [9.17, 15) is 0 Å². The van der Waals surface area contributed by atoms with Gasteiger partial charge < -0.3 is 29.4 Å². The summed E-state index contributed by atoms with van der Waals surface area (Å²) >= 11 is 0. The summed E-state index contributed by atoms with van der Waals surface area (Å²) in [5.41, 5.74) is 3.16. The Morgan fingerprint density at radius 3 is 0.904 bits per heavy atom. The van der Waals surface area contributed by atoms with Crippen molar-refractivity contribution in [2.45, 2.75) is 116 Å². The van der Waals surface area contributed by atoms with Gasteiger partial charge in [-0.15, -0.1) is 0 Å². The molecule has 0 N–H and O–H groups in total. The fraction of sp³-hybridized carbons (Fsp3) is 0.698. The molecule has 6 fully saturated rings. The number of hydrogen-bond acceptors (Lipinski definition) is 3. The Hall–Kier alpha value is -3.49. The van der Waals surface area contributed by atoms with Crippen molar-refractivity contribution in [1.82, 2.24) is 29.4 Å². The average Bonchev–Trinajstić information content (AvgIpc) is 3.23. The maximum absolute atomic E-state index is 5.73. The monoisotopic (exact) mass is 708 g/mol. The predicted octanol–water partition coefficient (Wildman–Crippen LogP) is 8.72. The third-order valence-corrected chi connectivity index (χ3v) is 12.5. The number of aliphatic imine (C=N–C) groups is 3. The number of nitrogens with zero attached hydrogens (tertiary/aromatic N) is 9. The van der Waals surface area contributed by atoms with Crippen molar-refractivity contribution in [3.8, 4) is 0 Å². The van der Waals surface area contributed by atoms with Crippen LogP contribution in [0, 0.1) is 0 Å². The second kappa shape index (κ2) is 17.6. The largest absolute Gasteiger partial charge is 0.343 e. The van der Waals surface area contributed by atoms with Crippen molar-refractivity contribution < 1.29 is 0 Å². The van der Waals surface area contributed by atoms with E-state index in [2.05, 4.69) is 59.7 Å². The van der Waals surface area contributed by atoms with Gasteiger partial charge >= 0.3 is 0 Å². The normalized spacial score (nSPS) is 22.0. The molecular weight excluding hydrogens is 643 g/mol. The van der Waals surface area contributed by atoms with Crippen molar-refractivity contribution >= 4 is 45.7 Å². The molecule has 0 unspecified atom stereocenters. The summed E-state index contributed by atoms with van der Waals surface area (Å²) in [6.45, 7) is 13.2. The summed E-state index contributed by atoms with van der Waals surface area (Å²) in [6, 6.07) is 11.4. The zero-order chi connectivity index (χ0) is 35.0. The number of likely N-dealkylation sites (tertiary alicyclic amines) is 6. The quantitative estimate of drug-likeness (QED) is 0.235. The predicted molar refractivity (Wildman–Crippen MR) is 218 cm³/mol. The Bertz CT molecular complexity index is 1430. The van der Waals surface area contributed by atoms with Crippen molar-refractivity contribution in [2.24, 2.45) is 15.0 Å². The first-order valence-electron chi connectivity index (χ1n) is 21.6. The van der Waals surface area contributed by atoms with Crippen molar-refractivity contribution in [3.63, 3.8) is 0 Å². The maximum Gasteiger partial charge on any atom is 0.201 e. The minimum atomic E-state index is 1.05. The van der Waals surface area contributed by atoms with Gasteiger partial charge in [0.05, 0.1) is 17.1 Å². The Morgan fingerprint density at radius 2 is 0.577 bits per heavy atom. The molecule has 6 saturated heterocycles. The second-order valence-electron chi connectivity index (χ2n) is 16.3. The Morgan fingerprint density at radius 1 is 0.308 bits per heavy atom. The molecule has 9 nitrogen and oxygen atoms in total. The van der Waals surface area contributed by atoms with Crippen LogP contribution in [0.5, 0.6) is 0 Å². The molecule has 9 heteroatoms. The Labute approximate surface area is 313 Å². The lowest BCUT2D eigenvalue weighted by Gasteiger charge is -2.39. The standard InChI is InChI=1S/C43H65N9/c1-7-24-47(25-8-1)41(48-26-9-2-10-27-48)44-37-22-23-39(46-43(51-32-15-5-16-33-51)52-34-17-6-18-35-52)40-36(37)20-19-21-38(40)45-42(49-28-11-3-12-29-49)50-30-13-4-14-31-50/h19-23H,1-18,24-35H2. The minimum absolute atomic E-state index is 1.05. The van der Waals surface area contributed by atoms with Crippen LogP contribution in [0.15, 0.2) is 45.3 Å². The first kappa shape index (κ1) is 35.5. The summed E-state index contributed by atoms with van der Waals surface area (Å²) in [5, 5.41) is 2.35. The molecule has 0 atom stereocenters. The van der Waals surface area contributed by atoms with Gasteiger partial charge in [-0.05, 0) is 134 Å². The van der Waals surface area contributed by atoms with Gasteiger partial charge in [-0.3, -0.25) is 0 Å². The van der Waals surface area contributed by atoms with Crippen LogP contribution in [0.1, 0.15) is 116 Å². The highest BCUT2D eigenvalue weighted by Crippen LogP contribution is 2.41. The number of piperidine rings is 6. The molecule has 0 aromatic heterocycles. The molecule has 0 amide bonds. The smallest absolute Gasteiger partial charge is 0.201 e. The van der Waals surface area contributed by atoms with Gasteiger partial charge in [0.1, 0.15) is 0 Å². The van der Waals surface area contributed by atoms with Crippen molar-refractivity contribution in [1.29, 1.82) is 0 Å². The van der Waals surface area contributed by atoms with Crippen LogP contribution in [-0.2, 0) is 0 Å². The van der Waals surface area contributed by atoms with E-state index >= 15 is 0 Å². The molecule has 282 valence electrons. The van der Waals surface area contributed by atoms with E-state index in [-0.39, 0.29) is 0 Å². The first-order valence-corrected chi connectivity index (χ1v) is 21.6. The molecule has 0 radical (unpaired) electrons. The summed E-state index contributed by atoms with van der Waals surface area (Å²) in [5.74, 6) is 3.56. The fourth-order valence-electron chi connectivity index (χ4n) is 9.55. The molecule has 0 aliphatic carbocycles. The van der Waals surface area contributed by atoms with E-state index in [1.807, 2.05) is 0 Å². The molecule has 0 spiro atoms. The summed E-state index contributed by atoms with van der Waals surface area (Å²) in [6.07, 6.45) is 23.0. The lowest BCUT2D eigenvalue weighted by Crippen LogP contribution is -2.48. The molecule has 2 aromatic carbocycles. The number of hydrogen-bond donors (Lipinski definition) is 0. The second-order valence-corrected chi connectivity index (χ2v) is 16.3. The molecule has 0 bridgehead atoms. The zero-order valence-corrected chi connectivity index (χ0v) is 32.1. The SMILES string of the molecule is c1cc(N=C(N2CCCCC2)N2CCCCC2)c2c(N=C(N3CCCCC3)N3CCCCC3)ccc(N=C(N3CCCCC3)N3CCCCC3)c2c1. The minimum Gasteiger partial charge on any atom is -0.343 e. The van der Waals surface area contributed by atoms with Crippen LogP contribution < -0.4 is 0 Å². The summed E-state index contributed by atoms with van der Waals surface area (Å²) in [7, 11) is 0. The fourth-order valence-corrected chi connectivity index (χ4v) is 9.55. The molecular formula is C43H65N9. The third kappa shape index (κ3) is 8.33. The van der Waals surface area contributed by atoms with Gasteiger partial charge in [0.2, 0.25) is 17.9 Å². The first-order chi connectivity index (χ1) is 25.8. The number of fused-ring (bicyclic) bond motifs is 1. The number of benzene rings is 2. The Balaban J connectivity index is 1.30. The highest BCUT2D eigenvalue weighted by molar-refractivity contribution is 6.09. The van der Waals surface area contributed by atoms with E-state index in [4.69, 9.17) is 15.0 Å². The number of guanidine groups is 3. The van der Waals surface area contributed by atoms with Crippen molar-refractivity contribution in [2.75, 3.05) is 78.5 Å². The van der Waals surface area contributed by atoms with Crippen LogP contribution in [0.3, 0.4) is 0 Å². The van der Waals surface area contributed by atoms with E-state index < -0.39 is 0 Å². The summed E-state index contributed by atoms with van der Waals surface area (Å²) < 4.78 is 0. The Kier molecular flexibility index (Phi) is 12.0. The van der Waals surface area contributed by atoms with Crippen LogP contribution >= 0.6 is 0 Å². The van der Waals surface area contributed by atoms with Gasteiger partial charge in [-0.2, -0.15) is 0 Å². The van der Waals surface area contributed by atoms with E-state index in [0.717, 1.165) is 95.6 Å².